The summed E-state index contributed by atoms with van der Waals surface area (Å²) in [5, 5.41) is 8.88. The van der Waals surface area contributed by atoms with E-state index in [0.29, 0.717) is 25.9 Å². The molecule has 0 amide bonds. The first-order valence-corrected chi connectivity index (χ1v) is 6.43. The van der Waals surface area contributed by atoms with Gasteiger partial charge in [0.2, 0.25) is 10.0 Å². The average molecular weight is 216 g/mol. The van der Waals surface area contributed by atoms with Gasteiger partial charge < -0.3 is 0 Å². The van der Waals surface area contributed by atoms with Crippen LogP contribution in [0.4, 0.5) is 0 Å². The van der Waals surface area contributed by atoms with Gasteiger partial charge in [-0.2, -0.15) is 5.26 Å². The van der Waals surface area contributed by atoms with Gasteiger partial charge in [-0.05, 0) is 26.7 Å². The van der Waals surface area contributed by atoms with Crippen molar-refractivity contribution in [3.63, 3.8) is 0 Å². The van der Waals surface area contributed by atoms with Gasteiger partial charge in [0.15, 0.2) is 0 Å². The van der Waals surface area contributed by atoms with Crippen molar-refractivity contribution in [1.82, 2.24) is 4.31 Å². The molecule has 0 spiro atoms. The Morgan fingerprint density at radius 3 is 2.29 bits per heavy atom. The molecule has 1 heterocycles. The highest BCUT2D eigenvalue weighted by atomic mass is 32.2. The third kappa shape index (κ3) is 2.25. The van der Waals surface area contributed by atoms with Crippen LogP contribution in [0.2, 0.25) is 0 Å². The number of nitrogens with zero attached hydrogens (tertiary/aromatic N) is 2. The van der Waals surface area contributed by atoms with Gasteiger partial charge in [-0.3, -0.25) is 0 Å². The molecule has 0 atom stereocenters. The molecule has 1 rings (SSSR count). The van der Waals surface area contributed by atoms with E-state index in [0.717, 1.165) is 0 Å². The fourth-order valence-corrected chi connectivity index (χ4v) is 2.66. The minimum absolute atomic E-state index is 0.149. The fourth-order valence-electron chi connectivity index (χ4n) is 1.55. The molecule has 5 heteroatoms. The Balaban J connectivity index is 2.66. The molecule has 1 aliphatic rings. The third-order valence-electron chi connectivity index (χ3n) is 2.85. The topological polar surface area (TPSA) is 61.2 Å². The molecule has 0 aliphatic carbocycles. The monoisotopic (exact) mass is 216 g/mol. The summed E-state index contributed by atoms with van der Waals surface area (Å²) in [6.45, 7) is 4.51. The maximum atomic E-state index is 11.5. The van der Waals surface area contributed by atoms with Gasteiger partial charge in [0.05, 0.1) is 17.2 Å². The van der Waals surface area contributed by atoms with Crippen LogP contribution < -0.4 is 0 Å². The molecule has 1 saturated heterocycles. The van der Waals surface area contributed by atoms with Crippen molar-refractivity contribution < 1.29 is 8.42 Å². The van der Waals surface area contributed by atoms with Crippen LogP contribution >= 0.6 is 0 Å². The van der Waals surface area contributed by atoms with Crippen molar-refractivity contribution in [1.29, 1.82) is 5.26 Å². The van der Waals surface area contributed by atoms with Crippen molar-refractivity contribution in [2.45, 2.75) is 26.7 Å². The highest BCUT2D eigenvalue weighted by Crippen LogP contribution is 2.30. The minimum atomic E-state index is -3.06. The van der Waals surface area contributed by atoms with Gasteiger partial charge in [0, 0.05) is 13.1 Å². The van der Waals surface area contributed by atoms with E-state index in [-0.39, 0.29) is 11.2 Å². The Hall–Kier alpha value is -0.600. The molecule has 80 valence electrons. The Morgan fingerprint density at radius 2 is 1.93 bits per heavy atom. The van der Waals surface area contributed by atoms with Crippen LogP contribution in [-0.4, -0.2) is 31.6 Å². The van der Waals surface area contributed by atoms with Crippen LogP contribution in [0.25, 0.3) is 0 Å². The first-order valence-electron chi connectivity index (χ1n) is 4.82. The largest absolute Gasteiger partial charge is 0.213 e. The molecule has 0 aromatic rings. The first-order chi connectivity index (χ1) is 6.43. The summed E-state index contributed by atoms with van der Waals surface area (Å²) in [6, 6.07) is 2.25. The normalized spacial score (nSPS) is 22.9. The molecule has 0 radical (unpaired) electrons. The van der Waals surface area contributed by atoms with Gasteiger partial charge in [-0.25, -0.2) is 12.7 Å². The van der Waals surface area contributed by atoms with E-state index in [9.17, 15) is 8.42 Å². The van der Waals surface area contributed by atoms with E-state index < -0.39 is 10.0 Å². The lowest BCUT2D eigenvalue weighted by molar-refractivity contribution is 0.232. The number of hydrogen-bond donors (Lipinski definition) is 0. The van der Waals surface area contributed by atoms with Crippen molar-refractivity contribution in [3.05, 3.63) is 0 Å². The van der Waals surface area contributed by atoms with Crippen LogP contribution in [0.15, 0.2) is 0 Å². The van der Waals surface area contributed by atoms with Crippen LogP contribution in [0.1, 0.15) is 26.7 Å². The number of hydrogen-bond acceptors (Lipinski definition) is 3. The second kappa shape index (κ2) is 3.87. The zero-order chi connectivity index (χ0) is 10.8. The zero-order valence-electron chi connectivity index (χ0n) is 8.65. The molecule has 1 fully saturated rings. The fraction of sp³-hybridized carbons (Fsp3) is 0.889. The molecule has 0 bridgehead atoms. The van der Waals surface area contributed by atoms with Crippen LogP contribution in [0.3, 0.4) is 0 Å². The lowest BCUT2D eigenvalue weighted by Gasteiger charge is -2.33. The van der Waals surface area contributed by atoms with Gasteiger partial charge in [-0.1, -0.05) is 0 Å². The minimum Gasteiger partial charge on any atom is -0.212 e. The van der Waals surface area contributed by atoms with E-state index >= 15 is 0 Å². The van der Waals surface area contributed by atoms with E-state index in [4.69, 9.17) is 5.26 Å². The molecule has 14 heavy (non-hydrogen) atoms. The number of nitriles is 1. The van der Waals surface area contributed by atoms with Crippen molar-refractivity contribution in [2.75, 3.05) is 18.8 Å². The second-order valence-electron chi connectivity index (χ2n) is 3.97. The van der Waals surface area contributed by atoms with E-state index in [1.165, 1.54) is 4.31 Å². The van der Waals surface area contributed by atoms with Crippen LogP contribution in [-0.2, 0) is 10.0 Å². The summed E-state index contributed by atoms with van der Waals surface area (Å²) >= 11 is 0. The van der Waals surface area contributed by atoms with Crippen molar-refractivity contribution in [3.8, 4) is 6.07 Å². The summed E-state index contributed by atoms with van der Waals surface area (Å²) in [7, 11) is -3.06. The van der Waals surface area contributed by atoms with E-state index in [1.807, 2.05) is 6.92 Å². The van der Waals surface area contributed by atoms with Crippen LogP contribution in [0, 0.1) is 16.7 Å². The molecule has 1 aliphatic heterocycles. The van der Waals surface area contributed by atoms with Gasteiger partial charge >= 0.3 is 0 Å². The van der Waals surface area contributed by atoms with Crippen molar-refractivity contribution in [2.24, 2.45) is 5.41 Å². The van der Waals surface area contributed by atoms with Gasteiger partial charge in [0.1, 0.15) is 0 Å². The summed E-state index contributed by atoms with van der Waals surface area (Å²) in [5.74, 6) is 0.149. The molecule has 0 saturated carbocycles. The summed E-state index contributed by atoms with van der Waals surface area (Å²) < 4.78 is 24.5. The predicted molar refractivity (Wildman–Crippen MR) is 54.0 cm³/mol. The maximum absolute atomic E-state index is 11.5. The lowest BCUT2D eigenvalue weighted by atomic mass is 9.83. The SMILES string of the molecule is CCS(=O)(=O)N1CCC(C)(C#N)CC1. The summed E-state index contributed by atoms with van der Waals surface area (Å²) in [5.41, 5.74) is -0.334. The third-order valence-corrected chi connectivity index (χ3v) is 4.74. The number of sulfonamides is 1. The maximum Gasteiger partial charge on any atom is 0.213 e. The van der Waals surface area contributed by atoms with Gasteiger partial charge in [-0.15, -0.1) is 0 Å². The molecule has 0 aromatic heterocycles. The quantitative estimate of drug-likeness (QED) is 0.690. The van der Waals surface area contributed by atoms with E-state index in [1.54, 1.807) is 6.92 Å². The summed E-state index contributed by atoms with van der Waals surface area (Å²) in [6.07, 6.45) is 1.28. The smallest absolute Gasteiger partial charge is 0.212 e. The number of rotatable bonds is 2. The number of piperidine rings is 1. The summed E-state index contributed by atoms with van der Waals surface area (Å²) in [4.78, 5) is 0. The standard InChI is InChI=1S/C9H16N2O2S/c1-3-14(12,13)11-6-4-9(2,8-10)5-7-11/h3-7H2,1-2H3. The highest BCUT2D eigenvalue weighted by Gasteiger charge is 2.33. The first kappa shape index (κ1) is 11.5. The average Bonchev–Trinajstić information content (AvgIpc) is 2.19. The molecule has 0 aromatic carbocycles. The Kier molecular flexibility index (Phi) is 3.17. The molecule has 0 N–H and O–H groups in total. The predicted octanol–water partition coefficient (Wildman–Crippen LogP) is 0.962. The Labute approximate surface area is 85.6 Å². The van der Waals surface area contributed by atoms with Gasteiger partial charge in [0.25, 0.3) is 0 Å². The molecule has 4 nitrogen and oxygen atoms in total. The second-order valence-corrected chi connectivity index (χ2v) is 6.23. The Bertz CT molecular complexity index is 334. The lowest BCUT2D eigenvalue weighted by Crippen LogP contribution is -2.42. The molecular weight excluding hydrogens is 200 g/mol. The van der Waals surface area contributed by atoms with Crippen molar-refractivity contribution >= 4 is 10.0 Å². The van der Waals surface area contributed by atoms with E-state index in [2.05, 4.69) is 6.07 Å². The highest BCUT2D eigenvalue weighted by molar-refractivity contribution is 7.89. The molecular formula is C9H16N2O2S. The van der Waals surface area contributed by atoms with Crippen LogP contribution in [0.5, 0.6) is 0 Å². The molecule has 0 unspecified atom stereocenters. The zero-order valence-corrected chi connectivity index (χ0v) is 9.47. The Morgan fingerprint density at radius 1 is 1.43 bits per heavy atom.